The summed E-state index contributed by atoms with van der Waals surface area (Å²) < 4.78 is 5.72. The number of hydrogen-bond acceptors (Lipinski definition) is 4. The summed E-state index contributed by atoms with van der Waals surface area (Å²) in [4.78, 5) is 0. The summed E-state index contributed by atoms with van der Waals surface area (Å²) in [5, 5.41) is 11.9. The molecular weight excluding hydrogens is 286 g/mol. The molecule has 1 N–H and O–H groups in total. The SMILES string of the molecule is CC(C)c1nnc(CNC2CC(C)(C)CCc3ccccc32)o1. The van der Waals surface area contributed by atoms with Crippen molar-refractivity contribution in [2.45, 2.75) is 65.5 Å². The van der Waals surface area contributed by atoms with E-state index in [2.05, 4.69) is 67.5 Å². The molecule has 0 fully saturated rings. The molecule has 4 heteroatoms. The average molecular weight is 313 g/mol. The predicted molar refractivity (Wildman–Crippen MR) is 91.1 cm³/mol. The quantitative estimate of drug-likeness (QED) is 0.851. The van der Waals surface area contributed by atoms with Gasteiger partial charge in [0.05, 0.1) is 6.54 Å². The van der Waals surface area contributed by atoms with Gasteiger partial charge in [0.2, 0.25) is 11.8 Å². The van der Waals surface area contributed by atoms with Crippen molar-refractivity contribution in [3.63, 3.8) is 0 Å². The van der Waals surface area contributed by atoms with Crippen molar-refractivity contribution in [1.82, 2.24) is 15.5 Å². The van der Waals surface area contributed by atoms with Gasteiger partial charge in [0, 0.05) is 12.0 Å². The van der Waals surface area contributed by atoms with Gasteiger partial charge in [0.15, 0.2) is 0 Å². The summed E-state index contributed by atoms with van der Waals surface area (Å²) >= 11 is 0. The average Bonchev–Trinajstić information content (AvgIpc) is 2.94. The van der Waals surface area contributed by atoms with Crippen molar-refractivity contribution in [2.24, 2.45) is 5.41 Å². The molecule has 0 saturated carbocycles. The summed E-state index contributed by atoms with van der Waals surface area (Å²) in [6.45, 7) is 9.46. The highest BCUT2D eigenvalue weighted by atomic mass is 16.4. The van der Waals surface area contributed by atoms with Crippen LogP contribution in [0.1, 0.15) is 75.4 Å². The number of nitrogens with zero attached hydrogens (tertiary/aromatic N) is 2. The van der Waals surface area contributed by atoms with E-state index in [1.54, 1.807) is 0 Å². The van der Waals surface area contributed by atoms with E-state index in [-0.39, 0.29) is 5.92 Å². The Kier molecular flexibility index (Phi) is 4.53. The number of aromatic nitrogens is 2. The van der Waals surface area contributed by atoms with Crippen LogP contribution in [0.3, 0.4) is 0 Å². The van der Waals surface area contributed by atoms with E-state index in [0.29, 0.717) is 29.8 Å². The molecule has 1 aliphatic rings. The Morgan fingerprint density at radius 1 is 1.26 bits per heavy atom. The predicted octanol–water partition coefficient (Wildman–Crippen LogP) is 4.39. The zero-order valence-corrected chi connectivity index (χ0v) is 14.6. The largest absolute Gasteiger partial charge is 0.424 e. The standard InChI is InChI=1S/C19H27N3O/c1-13(2)18-22-21-17(23-18)12-20-16-11-19(3,4)10-9-14-7-5-6-8-15(14)16/h5-8,13,16,20H,9-12H2,1-4H3. The van der Waals surface area contributed by atoms with Crippen molar-refractivity contribution in [3.05, 3.63) is 47.2 Å². The summed E-state index contributed by atoms with van der Waals surface area (Å²) in [5.41, 5.74) is 3.21. The third kappa shape index (κ3) is 3.81. The van der Waals surface area contributed by atoms with Gasteiger partial charge in [0.1, 0.15) is 0 Å². The van der Waals surface area contributed by atoms with Crippen LogP contribution >= 0.6 is 0 Å². The Balaban J connectivity index is 1.76. The molecule has 0 aliphatic heterocycles. The van der Waals surface area contributed by atoms with Crippen LogP contribution in [-0.4, -0.2) is 10.2 Å². The molecule has 0 bridgehead atoms. The smallest absolute Gasteiger partial charge is 0.230 e. The monoisotopic (exact) mass is 313 g/mol. The van der Waals surface area contributed by atoms with Crippen molar-refractivity contribution in [3.8, 4) is 0 Å². The van der Waals surface area contributed by atoms with Crippen molar-refractivity contribution >= 4 is 0 Å². The lowest BCUT2D eigenvalue weighted by Crippen LogP contribution is -2.25. The van der Waals surface area contributed by atoms with Gasteiger partial charge < -0.3 is 9.73 Å². The normalized spacial score (nSPS) is 20.3. The lowest BCUT2D eigenvalue weighted by Gasteiger charge is -2.27. The fourth-order valence-corrected chi connectivity index (χ4v) is 3.30. The highest BCUT2D eigenvalue weighted by molar-refractivity contribution is 5.31. The molecule has 1 aromatic carbocycles. The van der Waals surface area contributed by atoms with Gasteiger partial charge in [-0.2, -0.15) is 0 Å². The van der Waals surface area contributed by atoms with Crippen LogP contribution in [0.2, 0.25) is 0 Å². The van der Waals surface area contributed by atoms with Crippen LogP contribution in [0.25, 0.3) is 0 Å². The van der Waals surface area contributed by atoms with Crippen LogP contribution < -0.4 is 5.32 Å². The molecule has 1 atom stereocenters. The molecule has 0 spiro atoms. The van der Waals surface area contributed by atoms with Gasteiger partial charge in [-0.1, -0.05) is 52.0 Å². The molecule has 4 nitrogen and oxygen atoms in total. The summed E-state index contributed by atoms with van der Waals surface area (Å²) in [6, 6.07) is 9.12. The maximum absolute atomic E-state index is 5.72. The van der Waals surface area contributed by atoms with Crippen molar-refractivity contribution in [2.75, 3.05) is 0 Å². The molecule has 1 heterocycles. The van der Waals surface area contributed by atoms with Gasteiger partial charge >= 0.3 is 0 Å². The van der Waals surface area contributed by atoms with Crippen LogP contribution in [0.4, 0.5) is 0 Å². The number of benzene rings is 1. The summed E-state index contributed by atoms with van der Waals surface area (Å²) in [7, 11) is 0. The highest BCUT2D eigenvalue weighted by Crippen LogP contribution is 2.39. The number of aryl methyl sites for hydroxylation is 1. The number of fused-ring (bicyclic) bond motifs is 1. The van der Waals surface area contributed by atoms with Crippen LogP contribution in [0, 0.1) is 5.41 Å². The van der Waals surface area contributed by atoms with E-state index in [4.69, 9.17) is 4.42 Å². The van der Waals surface area contributed by atoms with Gasteiger partial charge in [-0.3, -0.25) is 0 Å². The summed E-state index contributed by atoms with van der Waals surface area (Å²) in [6.07, 6.45) is 3.49. The molecule has 0 amide bonds. The van der Waals surface area contributed by atoms with E-state index in [1.165, 1.54) is 17.5 Å². The topological polar surface area (TPSA) is 51.0 Å². The van der Waals surface area contributed by atoms with E-state index < -0.39 is 0 Å². The van der Waals surface area contributed by atoms with E-state index >= 15 is 0 Å². The Labute approximate surface area is 138 Å². The summed E-state index contributed by atoms with van der Waals surface area (Å²) in [5.74, 6) is 1.66. The lowest BCUT2D eigenvalue weighted by molar-refractivity contribution is 0.268. The number of nitrogens with one attached hydrogen (secondary N) is 1. The Bertz CT molecular complexity index is 660. The fourth-order valence-electron chi connectivity index (χ4n) is 3.30. The maximum Gasteiger partial charge on any atom is 0.230 e. The van der Waals surface area contributed by atoms with E-state index in [9.17, 15) is 0 Å². The zero-order chi connectivity index (χ0) is 16.4. The fraction of sp³-hybridized carbons (Fsp3) is 0.579. The molecule has 0 saturated heterocycles. The lowest BCUT2D eigenvalue weighted by atomic mass is 9.83. The van der Waals surface area contributed by atoms with Crippen molar-refractivity contribution in [1.29, 1.82) is 0 Å². The Morgan fingerprint density at radius 2 is 2.04 bits per heavy atom. The molecule has 2 aromatic rings. The third-order valence-electron chi connectivity index (χ3n) is 4.73. The maximum atomic E-state index is 5.72. The minimum atomic E-state index is 0.272. The second-order valence-electron chi connectivity index (χ2n) is 7.69. The second kappa shape index (κ2) is 6.44. The van der Waals surface area contributed by atoms with Gasteiger partial charge in [-0.25, -0.2) is 0 Å². The van der Waals surface area contributed by atoms with E-state index in [1.807, 2.05) is 0 Å². The minimum Gasteiger partial charge on any atom is -0.424 e. The molecule has 124 valence electrons. The van der Waals surface area contributed by atoms with Gasteiger partial charge in [-0.05, 0) is 35.8 Å². The number of rotatable bonds is 4. The van der Waals surface area contributed by atoms with Gasteiger partial charge in [0.25, 0.3) is 0 Å². The molecule has 3 rings (SSSR count). The third-order valence-corrected chi connectivity index (χ3v) is 4.73. The number of hydrogen-bond donors (Lipinski definition) is 1. The van der Waals surface area contributed by atoms with Crippen molar-refractivity contribution < 1.29 is 4.42 Å². The first-order valence-corrected chi connectivity index (χ1v) is 8.58. The molecular formula is C19H27N3O. The molecule has 23 heavy (non-hydrogen) atoms. The first-order chi connectivity index (χ1) is 10.9. The Hall–Kier alpha value is -1.68. The van der Waals surface area contributed by atoms with Gasteiger partial charge in [-0.15, -0.1) is 10.2 Å². The first-order valence-electron chi connectivity index (χ1n) is 8.58. The first kappa shape index (κ1) is 16.2. The zero-order valence-electron chi connectivity index (χ0n) is 14.6. The molecule has 1 unspecified atom stereocenters. The molecule has 0 radical (unpaired) electrons. The second-order valence-corrected chi connectivity index (χ2v) is 7.69. The van der Waals surface area contributed by atoms with Crippen LogP contribution in [0.5, 0.6) is 0 Å². The van der Waals surface area contributed by atoms with E-state index in [0.717, 1.165) is 12.8 Å². The molecule has 1 aliphatic carbocycles. The Morgan fingerprint density at radius 3 is 2.78 bits per heavy atom. The van der Waals surface area contributed by atoms with Crippen LogP contribution in [0.15, 0.2) is 28.7 Å². The highest BCUT2D eigenvalue weighted by Gasteiger charge is 2.29. The minimum absolute atomic E-state index is 0.272. The van der Waals surface area contributed by atoms with Crippen LogP contribution in [-0.2, 0) is 13.0 Å². The molecule has 1 aromatic heterocycles.